The normalized spacial score (nSPS) is 36.3. The van der Waals surface area contributed by atoms with Gasteiger partial charge in [-0.2, -0.15) is 0 Å². The summed E-state index contributed by atoms with van der Waals surface area (Å²) < 4.78 is 13.5. The molecule has 2 fully saturated rings. The van der Waals surface area contributed by atoms with Crippen LogP contribution in [0.4, 0.5) is 0 Å². The van der Waals surface area contributed by atoms with Crippen molar-refractivity contribution in [3.63, 3.8) is 0 Å². The van der Waals surface area contributed by atoms with Crippen molar-refractivity contribution >= 4 is 17.3 Å². The van der Waals surface area contributed by atoms with Crippen LogP contribution in [0, 0.1) is 5.92 Å². The zero-order valence-electron chi connectivity index (χ0n) is 8.89. The minimum atomic E-state index is -1.07. The third-order valence-electron chi connectivity index (χ3n) is 3.07. The standard InChI is InChI=1S/C10H17NO3S/c1-2-3-6-15(14)11-8(7-4-5-7)9(11)10(12)13/h7-9H,2-6H2,1H3,(H,12,13). The Bertz CT molecular complexity index is 257. The monoisotopic (exact) mass is 231 g/mol. The molecule has 1 heterocycles. The van der Waals surface area contributed by atoms with Gasteiger partial charge in [-0.05, 0) is 25.2 Å². The molecule has 2 aliphatic rings. The number of carbonyl (C=O) groups is 1. The SMILES string of the molecule is CCCC[S+]([O-])N1C(C(=O)O)C1C1CC1. The van der Waals surface area contributed by atoms with E-state index in [9.17, 15) is 9.35 Å². The number of carboxylic acid groups (broad SMARTS) is 1. The Kier molecular flexibility index (Phi) is 3.23. The molecule has 15 heavy (non-hydrogen) atoms. The maximum atomic E-state index is 11.8. The van der Waals surface area contributed by atoms with Crippen LogP contribution < -0.4 is 0 Å². The van der Waals surface area contributed by atoms with E-state index >= 15 is 0 Å². The third kappa shape index (κ3) is 2.29. The van der Waals surface area contributed by atoms with Crippen molar-refractivity contribution in [2.24, 2.45) is 5.92 Å². The third-order valence-corrected chi connectivity index (χ3v) is 4.65. The van der Waals surface area contributed by atoms with Gasteiger partial charge in [0.05, 0.1) is 6.04 Å². The lowest BCUT2D eigenvalue weighted by Gasteiger charge is -2.10. The lowest BCUT2D eigenvalue weighted by Crippen LogP contribution is -2.21. The lowest BCUT2D eigenvalue weighted by molar-refractivity contribution is -0.137. The highest BCUT2D eigenvalue weighted by molar-refractivity contribution is 7.89. The second-order valence-corrected chi connectivity index (χ2v) is 5.82. The Hall–Kier alpha value is -0.260. The van der Waals surface area contributed by atoms with Crippen LogP contribution in [0.5, 0.6) is 0 Å². The molecular weight excluding hydrogens is 214 g/mol. The van der Waals surface area contributed by atoms with Crippen LogP contribution in [0.25, 0.3) is 0 Å². The van der Waals surface area contributed by atoms with E-state index in [-0.39, 0.29) is 6.04 Å². The molecule has 5 heteroatoms. The molecule has 0 spiro atoms. The Labute approximate surface area is 93.0 Å². The molecule has 1 aliphatic carbocycles. The molecule has 1 aliphatic heterocycles. The molecule has 0 radical (unpaired) electrons. The summed E-state index contributed by atoms with van der Waals surface area (Å²) >= 11 is -1.07. The largest absolute Gasteiger partial charge is 0.598 e. The summed E-state index contributed by atoms with van der Waals surface area (Å²) in [6.45, 7) is 2.05. The van der Waals surface area contributed by atoms with E-state index < -0.39 is 23.4 Å². The summed E-state index contributed by atoms with van der Waals surface area (Å²) in [5, 5.41) is 8.97. The first-order chi connectivity index (χ1) is 7.16. The van der Waals surface area contributed by atoms with E-state index in [4.69, 9.17) is 5.11 Å². The van der Waals surface area contributed by atoms with Gasteiger partial charge in [-0.3, -0.25) is 4.79 Å². The van der Waals surface area contributed by atoms with Crippen LogP contribution in [0.3, 0.4) is 0 Å². The Morgan fingerprint density at radius 3 is 2.73 bits per heavy atom. The number of hydrogen-bond acceptors (Lipinski definition) is 3. The van der Waals surface area contributed by atoms with E-state index in [2.05, 4.69) is 0 Å². The first kappa shape index (κ1) is 11.2. The zero-order chi connectivity index (χ0) is 11.0. The van der Waals surface area contributed by atoms with E-state index in [1.54, 1.807) is 4.31 Å². The van der Waals surface area contributed by atoms with Crippen molar-refractivity contribution in [2.75, 3.05) is 5.75 Å². The van der Waals surface area contributed by atoms with Gasteiger partial charge >= 0.3 is 5.97 Å². The number of unbranched alkanes of at least 4 members (excludes halogenated alkanes) is 1. The molecule has 2 rings (SSSR count). The first-order valence-electron chi connectivity index (χ1n) is 5.56. The number of aliphatic carboxylic acids is 1. The maximum absolute atomic E-state index is 11.8. The fourth-order valence-corrected chi connectivity index (χ4v) is 3.74. The van der Waals surface area contributed by atoms with Gasteiger partial charge in [0.15, 0.2) is 6.04 Å². The van der Waals surface area contributed by atoms with E-state index in [0.717, 1.165) is 25.7 Å². The van der Waals surface area contributed by atoms with Crippen molar-refractivity contribution in [2.45, 2.75) is 44.7 Å². The number of nitrogens with zero attached hydrogens (tertiary/aromatic N) is 1. The Morgan fingerprint density at radius 2 is 2.27 bits per heavy atom. The maximum Gasteiger partial charge on any atom is 0.327 e. The van der Waals surface area contributed by atoms with Crippen molar-refractivity contribution < 1.29 is 14.5 Å². The second kappa shape index (κ2) is 4.31. The number of carboxylic acids is 1. The summed E-state index contributed by atoms with van der Waals surface area (Å²) in [5.74, 6) is 0.303. The van der Waals surface area contributed by atoms with Crippen LogP contribution in [-0.4, -0.2) is 37.8 Å². The smallest absolute Gasteiger partial charge is 0.327 e. The summed E-state index contributed by atoms with van der Waals surface area (Å²) in [7, 11) is 0. The molecule has 4 unspecified atom stereocenters. The van der Waals surface area contributed by atoms with Crippen molar-refractivity contribution in [1.82, 2.24) is 4.31 Å². The predicted molar refractivity (Wildman–Crippen MR) is 57.7 cm³/mol. The summed E-state index contributed by atoms with van der Waals surface area (Å²) in [6.07, 6.45) is 4.13. The molecule has 0 aromatic rings. The second-order valence-electron chi connectivity index (χ2n) is 4.35. The van der Waals surface area contributed by atoms with Gasteiger partial charge in [0, 0.05) is 11.4 Å². The van der Waals surface area contributed by atoms with E-state index in [1.807, 2.05) is 6.92 Å². The molecule has 86 valence electrons. The topological polar surface area (TPSA) is 63.4 Å². The van der Waals surface area contributed by atoms with Gasteiger partial charge in [0.1, 0.15) is 5.75 Å². The minimum absolute atomic E-state index is 0.0696. The van der Waals surface area contributed by atoms with Gasteiger partial charge in [0.2, 0.25) is 0 Å². The van der Waals surface area contributed by atoms with Gasteiger partial charge in [-0.25, -0.2) is 0 Å². The summed E-state index contributed by atoms with van der Waals surface area (Å²) in [6, 6.07) is -0.393. The summed E-state index contributed by atoms with van der Waals surface area (Å²) in [5.41, 5.74) is 0. The molecule has 1 saturated carbocycles. The van der Waals surface area contributed by atoms with Crippen LogP contribution in [0.1, 0.15) is 32.6 Å². The highest BCUT2D eigenvalue weighted by atomic mass is 32.2. The van der Waals surface area contributed by atoms with Crippen molar-refractivity contribution in [3.8, 4) is 0 Å². The van der Waals surface area contributed by atoms with Gasteiger partial charge in [-0.1, -0.05) is 13.3 Å². The number of rotatable bonds is 6. The molecular formula is C10H17NO3S. The summed E-state index contributed by atoms with van der Waals surface area (Å²) in [4.78, 5) is 10.9. The van der Waals surface area contributed by atoms with Crippen LogP contribution in [0.15, 0.2) is 0 Å². The molecule has 0 aromatic heterocycles. The molecule has 0 amide bonds. The van der Waals surface area contributed by atoms with Crippen LogP contribution >= 0.6 is 0 Å². The van der Waals surface area contributed by atoms with Crippen molar-refractivity contribution in [3.05, 3.63) is 0 Å². The predicted octanol–water partition coefficient (Wildman–Crippen LogP) is 0.998. The molecule has 1 N–H and O–H groups in total. The molecule has 4 atom stereocenters. The average Bonchev–Trinajstić information content (AvgIpc) is 3.00. The zero-order valence-corrected chi connectivity index (χ0v) is 9.70. The van der Waals surface area contributed by atoms with Crippen LogP contribution in [-0.2, 0) is 16.2 Å². The molecule has 1 saturated heterocycles. The molecule has 4 nitrogen and oxygen atoms in total. The minimum Gasteiger partial charge on any atom is -0.598 e. The fourth-order valence-electron chi connectivity index (χ4n) is 2.02. The Balaban J connectivity index is 1.88. The first-order valence-corrected chi connectivity index (χ1v) is 6.84. The van der Waals surface area contributed by atoms with Gasteiger partial charge < -0.3 is 9.66 Å². The van der Waals surface area contributed by atoms with Gasteiger partial charge in [0.25, 0.3) is 0 Å². The molecule has 0 bridgehead atoms. The molecule has 0 aromatic carbocycles. The lowest BCUT2D eigenvalue weighted by atomic mass is 10.2. The van der Waals surface area contributed by atoms with Crippen molar-refractivity contribution in [1.29, 1.82) is 0 Å². The van der Waals surface area contributed by atoms with E-state index in [1.165, 1.54) is 0 Å². The fraction of sp³-hybridized carbons (Fsp3) is 0.900. The van der Waals surface area contributed by atoms with Crippen LogP contribution in [0.2, 0.25) is 0 Å². The van der Waals surface area contributed by atoms with Gasteiger partial charge in [-0.15, -0.1) is 4.31 Å². The average molecular weight is 231 g/mol. The Morgan fingerprint density at radius 1 is 1.60 bits per heavy atom. The highest BCUT2D eigenvalue weighted by Crippen LogP contribution is 2.48. The highest BCUT2D eigenvalue weighted by Gasteiger charge is 2.65. The van der Waals surface area contributed by atoms with E-state index in [0.29, 0.717) is 11.7 Å². The number of hydrogen-bond donors (Lipinski definition) is 1. The quantitative estimate of drug-likeness (QED) is 0.547.